The molecule has 2 atom stereocenters. The van der Waals surface area contributed by atoms with E-state index in [2.05, 4.69) is 53.1 Å². The van der Waals surface area contributed by atoms with Gasteiger partial charge >= 0.3 is 0 Å². The molecule has 0 spiro atoms. The van der Waals surface area contributed by atoms with Gasteiger partial charge < -0.3 is 20.4 Å². The zero-order valence-electron chi connectivity index (χ0n) is 16.8. The van der Waals surface area contributed by atoms with Crippen molar-refractivity contribution in [3.8, 4) is 0 Å². The summed E-state index contributed by atoms with van der Waals surface area (Å²) in [6.45, 7) is 17.3. The van der Waals surface area contributed by atoms with E-state index in [1.54, 1.807) is 0 Å². The van der Waals surface area contributed by atoms with Crippen molar-refractivity contribution in [2.75, 3.05) is 52.9 Å². The Morgan fingerprint density at radius 1 is 1.29 bits per heavy atom. The fourth-order valence-electron chi connectivity index (χ4n) is 3.50. The Morgan fingerprint density at radius 3 is 2.67 bits per heavy atom. The predicted molar refractivity (Wildman–Crippen MR) is 106 cm³/mol. The number of guanidine groups is 1. The van der Waals surface area contributed by atoms with Crippen LogP contribution in [0.25, 0.3) is 0 Å². The summed E-state index contributed by atoms with van der Waals surface area (Å²) in [7, 11) is 1.87. The van der Waals surface area contributed by atoms with Gasteiger partial charge in [-0.3, -0.25) is 4.99 Å². The molecule has 5 heteroatoms. The lowest BCUT2D eigenvalue weighted by molar-refractivity contribution is 0.292. The van der Waals surface area contributed by atoms with E-state index < -0.39 is 0 Å². The van der Waals surface area contributed by atoms with Crippen LogP contribution in [0.3, 0.4) is 0 Å². The lowest BCUT2D eigenvalue weighted by Gasteiger charge is -2.22. The molecule has 1 rings (SSSR count). The number of rotatable bonds is 11. The van der Waals surface area contributed by atoms with Crippen molar-refractivity contribution < 1.29 is 0 Å². The highest BCUT2D eigenvalue weighted by atomic mass is 15.2. The van der Waals surface area contributed by atoms with Gasteiger partial charge in [0, 0.05) is 26.2 Å². The van der Waals surface area contributed by atoms with Gasteiger partial charge in [0.15, 0.2) is 5.96 Å². The number of hydrogen-bond donors (Lipinski definition) is 2. The molecule has 0 bridgehead atoms. The molecular formula is C19H41N5. The zero-order valence-corrected chi connectivity index (χ0v) is 16.8. The summed E-state index contributed by atoms with van der Waals surface area (Å²) in [5.74, 6) is 1.72. The third-order valence-corrected chi connectivity index (χ3v) is 5.08. The molecule has 5 nitrogen and oxygen atoms in total. The van der Waals surface area contributed by atoms with E-state index in [0.717, 1.165) is 31.5 Å². The fourth-order valence-corrected chi connectivity index (χ4v) is 3.50. The number of likely N-dealkylation sites (tertiary alicyclic amines) is 1. The second kappa shape index (κ2) is 12.5. The molecule has 1 fully saturated rings. The van der Waals surface area contributed by atoms with E-state index in [-0.39, 0.29) is 0 Å². The van der Waals surface area contributed by atoms with Gasteiger partial charge in [-0.2, -0.15) is 0 Å². The predicted octanol–water partition coefficient (Wildman–Crippen LogP) is 2.39. The minimum Gasteiger partial charge on any atom is -0.356 e. The maximum absolute atomic E-state index is 4.39. The van der Waals surface area contributed by atoms with Crippen molar-refractivity contribution in [3.63, 3.8) is 0 Å². The fraction of sp³-hybridized carbons (Fsp3) is 0.947. The lowest BCUT2D eigenvalue weighted by atomic mass is 10.1. The molecule has 24 heavy (non-hydrogen) atoms. The number of aliphatic imine (C=N–C) groups is 1. The van der Waals surface area contributed by atoms with E-state index in [9.17, 15) is 0 Å². The van der Waals surface area contributed by atoms with E-state index in [4.69, 9.17) is 0 Å². The van der Waals surface area contributed by atoms with Gasteiger partial charge in [-0.05, 0) is 71.2 Å². The van der Waals surface area contributed by atoms with E-state index >= 15 is 0 Å². The highest BCUT2D eigenvalue weighted by molar-refractivity contribution is 5.79. The topological polar surface area (TPSA) is 42.9 Å². The van der Waals surface area contributed by atoms with Gasteiger partial charge in [0.05, 0.1) is 0 Å². The van der Waals surface area contributed by atoms with Crippen LogP contribution in [0.5, 0.6) is 0 Å². The smallest absolute Gasteiger partial charge is 0.191 e. The molecule has 1 heterocycles. The van der Waals surface area contributed by atoms with Crippen LogP contribution < -0.4 is 10.6 Å². The lowest BCUT2D eigenvalue weighted by Crippen LogP contribution is -2.44. The molecule has 0 radical (unpaired) electrons. The maximum atomic E-state index is 4.39. The molecule has 0 aromatic heterocycles. The van der Waals surface area contributed by atoms with Crippen molar-refractivity contribution >= 4 is 5.96 Å². The SMILES string of the molecule is CCCN1CCC(CNC(=NC)NC(C)CCCN(CC)CC)C1. The highest BCUT2D eigenvalue weighted by Crippen LogP contribution is 2.15. The standard InChI is InChI=1S/C19H41N5/c1-6-12-24-14-11-18(16-24)15-21-19(20-5)22-17(4)10-9-13-23(7-2)8-3/h17-18H,6-16H2,1-5H3,(H2,20,21,22). The summed E-state index contributed by atoms with van der Waals surface area (Å²) < 4.78 is 0. The highest BCUT2D eigenvalue weighted by Gasteiger charge is 2.21. The molecule has 142 valence electrons. The van der Waals surface area contributed by atoms with Crippen LogP contribution in [0.1, 0.15) is 53.4 Å². The van der Waals surface area contributed by atoms with Gasteiger partial charge in [-0.25, -0.2) is 0 Å². The summed E-state index contributed by atoms with van der Waals surface area (Å²) in [6.07, 6.45) is 4.99. The Hall–Kier alpha value is -0.810. The quantitative estimate of drug-likeness (QED) is 0.448. The first-order chi connectivity index (χ1) is 11.6. The molecule has 2 N–H and O–H groups in total. The summed E-state index contributed by atoms with van der Waals surface area (Å²) in [5, 5.41) is 7.07. The molecule has 2 unspecified atom stereocenters. The Bertz CT molecular complexity index is 341. The first kappa shape index (κ1) is 21.2. The Balaban J connectivity index is 2.20. The van der Waals surface area contributed by atoms with Crippen LogP contribution in [0, 0.1) is 5.92 Å². The summed E-state index contributed by atoms with van der Waals surface area (Å²) in [5.41, 5.74) is 0. The van der Waals surface area contributed by atoms with Crippen LogP contribution >= 0.6 is 0 Å². The summed E-state index contributed by atoms with van der Waals surface area (Å²) in [6, 6.07) is 0.465. The number of hydrogen-bond acceptors (Lipinski definition) is 3. The Morgan fingerprint density at radius 2 is 2.04 bits per heavy atom. The molecule has 1 aliphatic rings. The van der Waals surface area contributed by atoms with Crippen LogP contribution in [0.15, 0.2) is 4.99 Å². The maximum Gasteiger partial charge on any atom is 0.191 e. The molecular weight excluding hydrogens is 298 g/mol. The Labute approximate surface area is 150 Å². The molecule has 0 amide bonds. The van der Waals surface area contributed by atoms with Gasteiger partial charge in [-0.1, -0.05) is 20.8 Å². The van der Waals surface area contributed by atoms with Crippen LogP contribution in [0.4, 0.5) is 0 Å². The third-order valence-electron chi connectivity index (χ3n) is 5.08. The summed E-state index contributed by atoms with van der Waals surface area (Å²) >= 11 is 0. The normalized spacial score (nSPS) is 20.6. The average Bonchev–Trinajstić information content (AvgIpc) is 3.03. The van der Waals surface area contributed by atoms with Crippen molar-refractivity contribution in [3.05, 3.63) is 0 Å². The first-order valence-electron chi connectivity index (χ1n) is 10.0. The van der Waals surface area contributed by atoms with Crippen LogP contribution in [-0.2, 0) is 0 Å². The molecule has 0 aromatic carbocycles. The monoisotopic (exact) mass is 339 g/mol. The minimum atomic E-state index is 0.465. The van der Waals surface area contributed by atoms with Crippen molar-refractivity contribution in [2.24, 2.45) is 10.9 Å². The first-order valence-corrected chi connectivity index (χ1v) is 10.0. The van der Waals surface area contributed by atoms with E-state index in [0.29, 0.717) is 6.04 Å². The minimum absolute atomic E-state index is 0.465. The molecule has 1 saturated heterocycles. The van der Waals surface area contributed by atoms with Gasteiger partial charge in [-0.15, -0.1) is 0 Å². The van der Waals surface area contributed by atoms with E-state index in [1.165, 1.54) is 51.9 Å². The Kier molecular flexibility index (Phi) is 11.1. The number of nitrogens with one attached hydrogen (secondary N) is 2. The average molecular weight is 340 g/mol. The zero-order chi connectivity index (χ0) is 17.8. The summed E-state index contributed by atoms with van der Waals surface area (Å²) in [4.78, 5) is 9.46. The van der Waals surface area contributed by atoms with E-state index in [1.807, 2.05) is 7.05 Å². The second-order valence-corrected chi connectivity index (χ2v) is 7.12. The van der Waals surface area contributed by atoms with Crippen LogP contribution in [-0.4, -0.2) is 74.7 Å². The largest absolute Gasteiger partial charge is 0.356 e. The van der Waals surface area contributed by atoms with Crippen molar-refractivity contribution in [1.29, 1.82) is 0 Å². The molecule has 0 saturated carbocycles. The number of nitrogens with zero attached hydrogens (tertiary/aromatic N) is 3. The van der Waals surface area contributed by atoms with Gasteiger partial charge in [0.25, 0.3) is 0 Å². The van der Waals surface area contributed by atoms with Crippen molar-refractivity contribution in [1.82, 2.24) is 20.4 Å². The second-order valence-electron chi connectivity index (χ2n) is 7.12. The van der Waals surface area contributed by atoms with Crippen molar-refractivity contribution in [2.45, 2.75) is 59.4 Å². The molecule has 1 aliphatic heterocycles. The molecule has 0 aromatic rings. The van der Waals surface area contributed by atoms with Crippen LogP contribution in [0.2, 0.25) is 0 Å². The molecule has 0 aliphatic carbocycles. The van der Waals surface area contributed by atoms with Gasteiger partial charge in [0.1, 0.15) is 0 Å². The third kappa shape index (κ3) is 8.34. The van der Waals surface area contributed by atoms with Gasteiger partial charge in [0.2, 0.25) is 0 Å².